The molecule has 0 aliphatic rings. The minimum absolute atomic E-state index is 0.972. The summed E-state index contributed by atoms with van der Waals surface area (Å²) in [7, 11) is 0. The fourth-order valence-corrected chi connectivity index (χ4v) is 18.5. The highest BCUT2D eigenvalue weighted by molar-refractivity contribution is 5.61. The van der Waals surface area contributed by atoms with E-state index >= 15 is 0 Å². The number of hydrogen-bond acceptors (Lipinski definition) is 14. The molecule has 0 aliphatic heterocycles. The van der Waals surface area contributed by atoms with E-state index in [2.05, 4.69) is 194 Å². The molecule has 0 fully saturated rings. The van der Waals surface area contributed by atoms with Crippen LogP contribution in [0.5, 0.6) is 0 Å². The Balaban J connectivity index is -0.000000112. The van der Waals surface area contributed by atoms with Crippen molar-refractivity contribution in [2.24, 2.45) is 0 Å². The van der Waals surface area contributed by atoms with E-state index in [9.17, 15) is 0 Å². The molecular formula is C126H273N7O14. The highest BCUT2D eigenvalue weighted by Crippen LogP contribution is 2.24. The van der Waals surface area contributed by atoms with E-state index in [-0.39, 0.29) is 0 Å². The third-order valence-electron chi connectivity index (χ3n) is 27.6. The van der Waals surface area contributed by atoms with E-state index in [1.807, 2.05) is 0 Å². The second-order valence-corrected chi connectivity index (χ2v) is 43.0. The lowest BCUT2D eigenvalue weighted by molar-refractivity contribution is -0.929. The van der Waals surface area contributed by atoms with Gasteiger partial charge < -0.3 is 101 Å². The minimum atomic E-state index is -1.08. The largest absolute Gasteiger partial charge is 0.550 e. The van der Waals surface area contributed by atoms with Gasteiger partial charge in [0.2, 0.25) is 0 Å². The molecule has 896 valence electrons. The summed E-state index contributed by atoms with van der Waals surface area (Å²) < 4.78 is 9.94. The van der Waals surface area contributed by atoms with Crippen LogP contribution in [0, 0.1) is 0 Å². The van der Waals surface area contributed by atoms with Gasteiger partial charge in [-0.3, -0.25) is 0 Å². The average Bonchev–Trinajstić information content (AvgIpc) is 0.913. The van der Waals surface area contributed by atoms with Crippen molar-refractivity contribution in [3.05, 3.63) is 0 Å². The van der Waals surface area contributed by atoms with Gasteiger partial charge in [-0.2, -0.15) is 0 Å². The molecule has 0 bridgehead atoms. The Labute approximate surface area is 922 Å². The molecule has 0 saturated carbocycles. The highest BCUT2D eigenvalue weighted by Gasteiger charge is 2.32. The Morgan fingerprint density at radius 2 is 0.129 bits per heavy atom. The molecule has 0 heterocycles. The lowest BCUT2D eigenvalue weighted by atomic mass is 10.1. The zero-order valence-electron chi connectivity index (χ0n) is 107. The van der Waals surface area contributed by atoms with E-state index in [0.29, 0.717) is 0 Å². The summed E-state index contributed by atoms with van der Waals surface area (Å²) in [5.74, 6) is -7.58. The van der Waals surface area contributed by atoms with Gasteiger partial charge in [-0.05, 0) is 228 Å². The molecule has 21 heteroatoms. The fourth-order valence-electron chi connectivity index (χ4n) is 18.5. The van der Waals surface area contributed by atoms with Crippen molar-refractivity contribution < 1.29 is 101 Å². The van der Waals surface area contributed by atoms with Gasteiger partial charge in [0.05, 0.1) is 183 Å². The van der Waals surface area contributed by atoms with Crippen LogP contribution in [0.25, 0.3) is 0 Å². The maximum absolute atomic E-state index is 8.89. The van der Waals surface area contributed by atoms with Crippen LogP contribution in [-0.2, 0) is 33.6 Å². The number of hydrogen-bond donors (Lipinski definition) is 0. The summed E-state index contributed by atoms with van der Waals surface area (Å²) in [6.45, 7) is 112. The standard InChI is InChI=1S/7C16H36N.7C2H4O2/c7*1-5-9-13-17(14-10-6-2,15-11-7-3)16-12-8-4;7*1-2(3)4/h7*5-16H2,1-4H3;7*1H3,(H,3,4)/q7*+1;;;;;;;/p-7. The minimum Gasteiger partial charge on any atom is -0.550 e. The number of nitrogens with zero attached hydrogens (tertiary/aromatic N) is 7. The van der Waals surface area contributed by atoms with Gasteiger partial charge in [0.1, 0.15) is 0 Å². The van der Waals surface area contributed by atoms with Crippen LogP contribution in [0.4, 0.5) is 0 Å². The van der Waals surface area contributed by atoms with Crippen molar-refractivity contribution in [2.45, 2.75) is 602 Å². The Kier molecular flexibility index (Phi) is 163. The molecule has 0 N–H and O–H groups in total. The summed E-state index contributed by atoms with van der Waals surface area (Å²) in [6, 6.07) is 0. The topological polar surface area (TPSA) is 281 Å². The number of carboxylic acids is 7. The quantitative estimate of drug-likeness (QED) is 0.0512. The molecule has 0 aromatic carbocycles. The van der Waals surface area contributed by atoms with E-state index in [1.165, 1.54) is 574 Å². The molecule has 0 unspecified atom stereocenters. The molecule has 0 saturated heterocycles. The monoisotopic (exact) mass is 2110 g/mol. The summed E-state index contributed by atoms with van der Waals surface area (Å²) in [5.41, 5.74) is 0. The maximum Gasteiger partial charge on any atom is 0.0786 e. The molecule has 0 aliphatic carbocycles. The number of aliphatic carboxylic acids is 7. The van der Waals surface area contributed by atoms with Crippen molar-refractivity contribution in [1.82, 2.24) is 0 Å². The number of carbonyl (C=O) groups is 7. The lowest BCUT2D eigenvalue weighted by Gasteiger charge is -2.39. The van der Waals surface area contributed by atoms with Crippen LogP contribution in [0.3, 0.4) is 0 Å². The third-order valence-corrected chi connectivity index (χ3v) is 27.6. The summed E-state index contributed by atoms with van der Waals surface area (Å²) in [6.07, 6.45) is 77.4. The van der Waals surface area contributed by atoms with Crippen LogP contribution in [-0.4, -0.2) is 256 Å². The predicted molar refractivity (Wildman–Crippen MR) is 630 cm³/mol. The van der Waals surface area contributed by atoms with E-state index < -0.39 is 41.8 Å². The van der Waals surface area contributed by atoms with Crippen molar-refractivity contribution in [2.75, 3.05) is 183 Å². The Morgan fingerprint density at radius 1 is 0.102 bits per heavy atom. The number of unbranched alkanes of at least 4 members (excludes halogenated alkanes) is 28. The predicted octanol–water partition coefficient (Wildman–Crippen LogP) is 26.3. The summed E-state index contributed by atoms with van der Waals surface area (Å²) in [4.78, 5) is 62.2. The maximum atomic E-state index is 8.89. The van der Waals surface area contributed by atoms with Crippen LogP contribution in [0.2, 0.25) is 0 Å². The van der Waals surface area contributed by atoms with Gasteiger partial charge in [0.25, 0.3) is 0 Å². The summed E-state index contributed by atoms with van der Waals surface area (Å²) >= 11 is 0. The first-order chi connectivity index (χ1) is 69.8. The van der Waals surface area contributed by atoms with Gasteiger partial charge in [0, 0.05) is 41.8 Å². The SMILES string of the molecule is CC(=O)[O-].CC(=O)[O-].CC(=O)[O-].CC(=O)[O-].CC(=O)[O-].CC(=O)[O-].CC(=O)[O-].CCCC[N+](CCCC)(CCCC)CCCC.CCCC[N+](CCCC)(CCCC)CCCC.CCCC[N+](CCCC)(CCCC)CCCC.CCCC[N+](CCCC)(CCCC)CCCC.CCCC[N+](CCCC)(CCCC)CCCC.CCCC[N+](CCCC)(CCCC)CCCC.CCCC[N+](CCCC)(CCCC)CCCC. The highest BCUT2D eigenvalue weighted by atomic mass is 16.4. The first-order valence-electron chi connectivity index (χ1n) is 63.0. The molecule has 0 aromatic heterocycles. The lowest BCUT2D eigenvalue weighted by Crippen LogP contribution is -2.50. The van der Waals surface area contributed by atoms with Crippen LogP contribution in [0.15, 0.2) is 0 Å². The van der Waals surface area contributed by atoms with Crippen LogP contribution in [0.1, 0.15) is 602 Å². The second-order valence-electron chi connectivity index (χ2n) is 43.0. The van der Waals surface area contributed by atoms with Gasteiger partial charge >= 0.3 is 0 Å². The zero-order valence-corrected chi connectivity index (χ0v) is 107. The normalized spacial score (nSPS) is 10.9. The first-order valence-corrected chi connectivity index (χ1v) is 63.0. The van der Waals surface area contributed by atoms with E-state index in [0.717, 1.165) is 48.5 Å². The van der Waals surface area contributed by atoms with Gasteiger partial charge in [-0.1, -0.05) is 374 Å². The molecule has 0 radical (unpaired) electrons. The van der Waals surface area contributed by atoms with Gasteiger partial charge in [-0.25, -0.2) is 0 Å². The van der Waals surface area contributed by atoms with E-state index in [4.69, 9.17) is 69.3 Å². The molecule has 147 heavy (non-hydrogen) atoms. The molecule has 0 amide bonds. The van der Waals surface area contributed by atoms with E-state index in [1.54, 1.807) is 0 Å². The molecule has 0 atom stereocenters. The Hall–Kier alpha value is -3.99. The second kappa shape index (κ2) is 138. The molecule has 0 rings (SSSR count). The molecule has 0 spiro atoms. The fraction of sp³-hybridized carbons (Fsp3) is 0.944. The van der Waals surface area contributed by atoms with Crippen molar-refractivity contribution >= 4 is 41.8 Å². The van der Waals surface area contributed by atoms with Crippen molar-refractivity contribution in [3.8, 4) is 0 Å². The average molecular weight is 2110 g/mol. The van der Waals surface area contributed by atoms with Gasteiger partial charge in [-0.15, -0.1) is 0 Å². The zero-order chi connectivity index (χ0) is 116. The third kappa shape index (κ3) is 150. The first kappa shape index (κ1) is 173. The number of carboxylic acid groups (broad SMARTS) is 7. The molecule has 0 aromatic rings. The van der Waals surface area contributed by atoms with Crippen LogP contribution >= 0.6 is 0 Å². The smallest absolute Gasteiger partial charge is 0.0786 e. The van der Waals surface area contributed by atoms with Crippen LogP contribution < -0.4 is 35.7 Å². The van der Waals surface area contributed by atoms with Crippen molar-refractivity contribution in [3.63, 3.8) is 0 Å². The number of rotatable bonds is 84. The Morgan fingerprint density at radius 3 is 0.150 bits per heavy atom. The Bertz CT molecular complexity index is 1790. The summed E-state index contributed by atoms with van der Waals surface area (Å²) in [5, 5.41) is 62.2. The molecular weight excluding hydrogens is 1840 g/mol. The van der Waals surface area contributed by atoms with Crippen molar-refractivity contribution in [1.29, 1.82) is 0 Å². The van der Waals surface area contributed by atoms with Gasteiger partial charge in [0.15, 0.2) is 0 Å². The number of carbonyl (C=O) groups excluding carboxylic acids is 7. The molecule has 21 nitrogen and oxygen atoms in total. The number of quaternary nitrogens is 7.